The molecule has 0 N–H and O–H groups in total. The van der Waals surface area contributed by atoms with Crippen LogP contribution >= 0.6 is 28.5 Å². The molecule has 1 unspecified atom stereocenters. The summed E-state index contributed by atoms with van der Waals surface area (Å²) >= 11 is 6.00. The molecule has 0 aromatic carbocycles. The SMILES string of the molecule is CC(Cn1ccnc1)n1ccnc1.[Br][Ni][Br]. The Bertz CT molecular complexity index is 363. The summed E-state index contributed by atoms with van der Waals surface area (Å²) in [5, 5.41) is 0. The van der Waals surface area contributed by atoms with Crippen LogP contribution in [0, 0.1) is 0 Å². The number of nitrogens with zero attached hydrogens (tertiary/aromatic N) is 4. The fourth-order valence-corrected chi connectivity index (χ4v) is 1.32. The van der Waals surface area contributed by atoms with Gasteiger partial charge in [0.25, 0.3) is 0 Å². The molecule has 0 radical (unpaired) electrons. The number of aromatic nitrogens is 4. The van der Waals surface area contributed by atoms with Crippen LogP contribution in [-0.2, 0) is 17.4 Å². The molecule has 2 rings (SSSR count). The molecule has 7 heteroatoms. The number of imidazole rings is 2. The van der Waals surface area contributed by atoms with E-state index in [0.29, 0.717) is 6.04 Å². The maximum atomic E-state index is 4.01. The van der Waals surface area contributed by atoms with Crippen molar-refractivity contribution >= 4 is 28.5 Å². The number of rotatable bonds is 3. The van der Waals surface area contributed by atoms with Crippen molar-refractivity contribution in [3.05, 3.63) is 37.4 Å². The maximum absolute atomic E-state index is 4.01. The molecule has 0 amide bonds. The van der Waals surface area contributed by atoms with E-state index in [2.05, 4.69) is 54.5 Å². The summed E-state index contributed by atoms with van der Waals surface area (Å²) in [5.41, 5.74) is 0. The molecule has 0 aliphatic heterocycles. The predicted octanol–water partition coefficient (Wildman–Crippen LogP) is 3.03. The van der Waals surface area contributed by atoms with Crippen molar-refractivity contribution in [3.63, 3.8) is 0 Å². The zero-order valence-electron chi connectivity index (χ0n) is 8.61. The summed E-state index contributed by atoms with van der Waals surface area (Å²) in [6.07, 6.45) is 11.2. The average Bonchev–Trinajstić information content (AvgIpc) is 2.90. The number of hydrogen-bond donors (Lipinski definition) is 0. The Kier molecular flexibility index (Phi) is 7.00. The molecular formula is C9H12Br2N4Ni. The normalized spacial score (nSPS) is 11.9. The minimum atomic E-state index is 0.414. The van der Waals surface area contributed by atoms with Crippen molar-refractivity contribution in [2.24, 2.45) is 0 Å². The van der Waals surface area contributed by atoms with Crippen LogP contribution < -0.4 is 0 Å². The fourth-order valence-electron chi connectivity index (χ4n) is 1.32. The van der Waals surface area contributed by atoms with Crippen LogP contribution in [0.25, 0.3) is 0 Å². The van der Waals surface area contributed by atoms with Gasteiger partial charge in [0.1, 0.15) is 0 Å². The van der Waals surface area contributed by atoms with Crippen LogP contribution in [0.3, 0.4) is 0 Å². The van der Waals surface area contributed by atoms with Gasteiger partial charge in [-0.2, -0.15) is 0 Å². The molecule has 0 spiro atoms. The molecule has 1 atom stereocenters. The third kappa shape index (κ3) is 4.81. The van der Waals surface area contributed by atoms with Crippen LogP contribution in [0.2, 0.25) is 0 Å². The van der Waals surface area contributed by atoms with E-state index < -0.39 is 0 Å². The van der Waals surface area contributed by atoms with E-state index in [1.54, 1.807) is 12.4 Å². The first-order valence-corrected chi connectivity index (χ1v) is 9.41. The van der Waals surface area contributed by atoms with Crippen LogP contribution in [0.1, 0.15) is 13.0 Å². The summed E-state index contributed by atoms with van der Waals surface area (Å²) in [7, 11) is 1.25. The van der Waals surface area contributed by atoms with Gasteiger partial charge in [0, 0.05) is 37.4 Å². The molecule has 4 nitrogen and oxygen atoms in total. The van der Waals surface area contributed by atoms with Crippen molar-refractivity contribution in [1.82, 2.24) is 19.1 Å². The third-order valence-corrected chi connectivity index (χ3v) is 2.07. The topological polar surface area (TPSA) is 35.6 Å². The average molecular weight is 395 g/mol. The third-order valence-electron chi connectivity index (χ3n) is 2.07. The van der Waals surface area contributed by atoms with Crippen LogP contribution in [0.15, 0.2) is 37.4 Å². The van der Waals surface area contributed by atoms with E-state index >= 15 is 0 Å². The molecule has 92 valence electrons. The van der Waals surface area contributed by atoms with E-state index in [0.717, 1.165) is 6.54 Å². The molecule has 0 saturated heterocycles. The molecule has 0 saturated carbocycles. The second kappa shape index (κ2) is 8.04. The van der Waals surface area contributed by atoms with E-state index in [9.17, 15) is 0 Å². The molecule has 2 aromatic heterocycles. The van der Waals surface area contributed by atoms with Gasteiger partial charge < -0.3 is 9.13 Å². The fraction of sp³-hybridized carbons (Fsp3) is 0.333. The summed E-state index contributed by atoms with van der Waals surface area (Å²) < 4.78 is 4.14. The van der Waals surface area contributed by atoms with Gasteiger partial charge in [0.2, 0.25) is 0 Å². The van der Waals surface area contributed by atoms with Gasteiger partial charge in [0.15, 0.2) is 0 Å². The van der Waals surface area contributed by atoms with Crippen molar-refractivity contribution in [2.45, 2.75) is 19.5 Å². The molecule has 0 fully saturated rings. The second-order valence-corrected chi connectivity index (χ2v) is 8.15. The zero-order chi connectivity index (χ0) is 11.8. The summed E-state index contributed by atoms with van der Waals surface area (Å²) in [5.74, 6) is 0. The molecule has 0 aliphatic carbocycles. The van der Waals surface area contributed by atoms with Gasteiger partial charge in [-0.3, -0.25) is 0 Å². The van der Waals surface area contributed by atoms with Crippen molar-refractivity contribution in [1.29, 1.82) is 0 Å². The van der Waals surface area contributed by atoms with Gasteiger partial charge in [-0.1, -0.05) is 0 Å². The van der Waals surface area contributed by atoms with Gasteiger partial charge >= 0.3 is 39.3 Å². The summed E-state index contributed by atoms with van der Waals surface area (Å²) in [4.78, 5) is 8.01. The Morgan fingerprint density at radius 1 is 1.19 bits per heavy atom. The Labute approximate surface area is 115 Å². The molecule has 0 aliphatic rings. The zero-order valence-corrected chi connectivity index (χ0v) is 12.8. The Balaban J connectivity index is 0.000000386. The molecule has 2 heterocycles. The number of hydrogen-bond acceptors (Lipinski definition) is 2. The number of halogens is 2. The van der Waals surface area contributed by atoms with Crippen LogP contribution in [0.4, 0.5) is 0 Å². The Morgan fingerprint density at radius 3 is 2.31 bits per heavy atom. The molecular weight excluding hydrogens is 383 g/mol. The van der Waals surface area contributed by atoms with E-state index in [4.69, 9.17) is 0 Å². The quantitative estimate of drug-likeness (QED) is 0.750. The van der Waals surface area contributed by atoms with Gasteiger partial charge in [0.05, 0.1) is 12.7 Å². The van der Waals surface area contributed by atoms with Gasteiger partial charge in [-0.15, -0.1) is 0 Å². The summed E-state index contributed by atoms with van der Waals surface area (Å²) in [6.45, 7) is 3.08. The van der Waals surface area contributed by atoms with Crippen molar-refractivity contribution in [3.8, 4) is 0 Å². The molecule has 0 bridgehead atoms. The molecule has 16 heavy (non-hydrogen) atoms. The second-order valence-electron chi connectivity index (χ2n) is 3.16. The van der Waals surface area contributed by atoms with Gasteiger partial charge in [-0.05, 0) is 6.92 Å². The van der Waals surface area contributed by atoms with E-state index in [1.807, 2.05) is 25.0 Å². The summed E-state index contributed by atoms with van der Waals surface area (Å²) in [6, 6.07) is 0.414. The molecule has 2 aromatic rings. The standard InChI is InChI=1S/C9H12N4.2BrH.Ni/c1-9(13-5-3-11-8-13)6-12-4-2-10-7-12;;;/h2-5,7-9H,6H2,1H3;2*1H;/q;;;+2/p-2. The predicted molar refractivity (Wildman–Crippen MR) is 67.0 cm³/mol. The van der Waals surface area contributed by atoms with E-state index in [-0.39, 0.29) is 0 Å². The van der Waals surface area contributed by atoms with E-state index in [1.165, 1.54) is 10.9 Å². The monoisotopic (exact) mass is 392 g/mol. The van der Waals surface area contributed by atoms with Crippen LogP contribution in [-0.4, -0.2) is 19.1 Å². The first-order chi connectivity index (χ1) is 7.77. The van der Waals surface area contributed by atoms with Crippen molar-refractivity contribution < 1.29 is 10.9 Å². The van der Waals surface area contributed by atoms with Crippen LogP contribution in [0.5, 0.6) is 0 Å². The Hall–Kier alpha value is -0.126. The first-order valence-electron chi connectivity index (χ1n) is 4.53. The minimum absolute atomic E-state index is 0.414. The Morgan fingerprint density at radius 2 is 1.81 bits per heavy atom. The van der Waals surface area contributed by atoms with Crippen molar-refractivity contribution in [2.75, 3.05) is 0 Å². The van der Waals surface area contributed by atoms with Gasteiger partial charge in [-0.25, -0.2) is 9.97 Å². The first kappa shape index (κ1) is 13.9.